The van der Waals surface area contributed by atoms with Crippen LogP contribution >= 0.6 is 11.8 Å². The van der Waals surface area contributed by atoms with Crippen molar-refractivity contribution in [3.63, 3.8) is 0 Å². The number of benzene rings is 1. The molecule has 1 N–H and O–H groups in total. The molecule has 1 aromatic carbocycles. The lowest BCUT2D eigenvalue weighted by molar-refractivity contribution is 0.475. The summed E-state index contributed by atoms with van der Waals surface area (Å²) in [6, 6.07) is 10.7. The van der Waals surface area contributed by atoms with Gasteiger partial charge in [0.25, 0.3) is 0 Å². The van der Waals surface area contributed by atoms with Crippen molar-refractivity contribution in [1.82, 2.24) is 20.0 Å². The third kappa shape index (κ3) is 5.92. The monoisotopic (exact) mass is 345 g/mol. The third-order valence-corrected chi connectivity index (χ3v) is 4.38. The van der Waals surface area contributed by atoms with Gasteiger partial charge in [0, 0.05) is 50.5 Å². The molecule has 5 nitrogen and oxygen atoms in total. The predicted molar refractivity (Wildman–Crippen MR) is 103 cm³/mol. The van der Waals surface area contributed by atoms with Gasteiger partial charge in [0.1, 0.15) is 0 Å². The van der Waals surface area contributed by atoms with Crippen molar-refractivity contribution in [1.29, 1.82) is 0 Å². The maximum Gasteiger partial charge on any atom is 0.193 e. The molecule has 0 amide bonds. The molecule has 0 bridgehead atoms. The van der Waals surface area contributed by atoms with Crippen LogP contribution in [0, 0.1) is 0 Å². The molecule has 0 saturated carbocycles. The SMILES string of the molecule is CCNC(=NCCCn1cccn1)N(C)Cc1ccc(SC)cc1. The largest absolute Gasteiger partial charge is 0.357 e. The number of hydrogen-bond donors (Lipinski definition) is 1. The van der Waals surface area contributed by atoms with E-state index in [1.165, 1.54) is 10.5 Å². The number of hydrogen-bond acceptors (Lipinski definition) is 3. The molecular formula is C18H27N5S. The standard InChI is InChI=1S/C18H27N5S/c1-4-19-18(20-11-5-13-23-14-6-12-21-23)22(2)15-16-7-9-17(24-3)10-8-16/h6-10,12,14H,4-5,11,13,15H2,1-3H3,(H,19,20). The summed E-state index contributed by atoms with van der Waals surface area (Å²) < 4.78 is 1.94. The number of thioether (sulfide) groups is 1. The van der Waals surface area contributed by atoms with Crippen molar-refractivity contribution < 1.29 is 0 Å². The molecule has 1 heterocycles. The summed E-state index contributed by atoms with van der Waals surface area (Å²) in [6.07, 6.45) is 6.87. The Morgan fingerprint density at radius 2 is 2.12 bits per heavy atom. The molecule has 2 aromatic rings. The minimum absolute atomic E-state index is 0.790. The summed E-state index contributed by atoms with van der Waals surface area (Å²) in [5, 5.41) is 7.58. The fraction of sp³-hybridized carbons (Fsp3) is 0.444. The van der Waals surface area contributed by atoms with Crippen molar-refractivity contribution in [3.8, 4) is 0 Å². The van der Waals surface area contributed by atoms with Crippen LogP contribution in [-0.4, -0.2) is 47.0 Å². The van der Waals surface area contributed by atoms with Crippen LogP contribution in [0.5, 0.6) is 0 Å². The smallest absolute Gasteiger partial charge is 0.193 e. The van der Waals surface area contributed by atoms with E-state index in [0.29, 0.717) is 0 Å². The van der Waals surface area contributed by atoms with Gasteiger partial charge in [0.15, 0.2) is 5.96 Å². The van der Waals surface area contributed by atoms with Crippen LogP contribution in [0.1, 0.15) is 18.9 Å². The number of nitrogens with one attached hydrogen (secondary N) is 1. The number of rotatable bonds is 8. The molecule has 1 aromatic heterocycles. The zero-order valence-corrected chi connectivity index (χ0v) is 15.6. The van der Waals surface area contributed by atoms with Crippen LogP contribution in [0.3, 0.4) is 0 Å². The van der Waals surface area contributed by atoms with E-state index in [4.69, 9.17) is 4.99 Å². The number of aryl methyl sites for hydroxylation is 1. The van der Waals surface area contributed by atoms with Crippen molar-refractivity contribution >= 4 is 17.7 Å². The molecule has 2 rings (SSSR count). The molecule has 0 aliphatic carbocycles. The van der Waals surface area contributed by atoms with Gasteiger partial charge in [-0.25, -0.2) is 0 Å². The van der Waals surface area contributed by atoms with Crippen LogP contribution in [0.4, 0.5) is 0 Å². The fourth-order valence-corrected chi connectivity index (χ4v) is 2.81. The minimum atomic E-state index is 0.790. The normalized spacial score (nSPS) is 11.5. The number of guanidine groups is 1. The van der Waals surface area contributed by atoms with Crippen LogP contribution < -0.4 is 5.32 Å². The lowest BCUT2D eigenvalue weighted by Gasteiger charge is -2.22. The Hall–Kier alpha value is -1.95. The molecule has 0 aliphatic heterocycles. The van der Waals surface area contributed by atoms with Gasteiger partial charge in [-0.1, -0.05) is 12.1 Å². The fourth-order valence-electron chi connectivity index (χ4n) is 2.40. The zero-order valence-electron chi connectivity index (χ0n) is 14.8. The van der Waals surface area contributed by atoms with Crippen LogP contribution in [0.2, 0.25) is 0 Å². The van der Waals surface area contributed by atoms with Gasteiger partial charge in [-0.15, -0.1) is 11.8 Å². The molecule has 0 aliphatic rings. The Bertz CT molecular complexity index is 607. The number of aromatic nitrogens is 2. The summed E-state index contributed by atoms with van der Waals surface area (Å²) >= 11 is 1.77. The highest BCUT2D eigenvalue weighted by molar-refractivity contribution is 7.98. The average molecular weight is 346 g/mol. The van der Waals surface area contributed by atoms with Crippen LogP contribution in [-0.2, 0) is 13.1 Å². The molecule has 0 atom stereocenters. The summed E-state index contributed by atoms with van der Waals surface area (Å²) in [5.74, 6) is 0.951. The van der Waals surface area contributed by atoms with Gasteiger partial charge in [0.2, 0.25) is 0 Å². The van der Waals surface area contributed by atoms with Gasteiger partial charge in [0.05, 0.1) is 0 Å². The van der Waals surface area contributed by atoms with E-state index in [0.717, 1.165) is 38.6 Å². The van der Waals surface area contributed by atoms with Gasteiger partial charge in [-0.05, 0) is 43.4 Å². The summed E-state index contributed by atoms with van der Waals surface area (Å²) in [6.45, 7) is 5.50. The first kappa shape index (κ1) is 18.4. The van der Waals surface area contributed by atoms with Crippen LogP contribution in [0.25, 0.3) is 0 Å². The Kier molecular flexibility index (Phi) is 7.68. The Labute approximate surface area is 149 Å². The summed E-state index contributed by atoms with van der Waals surface area (Å²) in [5.41, 5.74) is 1.29. The van der Waals surface area contributed by atoms with Crippen molar-refractivity contribution in [2.75, 3.05) is 26.4 Å². The zero-order chi connectivity index (χ0) is 17.2. The first-order valence-electron chi connectivity index (χ1n) is 8.32. The van der Waals surface area contributed by atoms with Gasteiger partial charge >= 0.3 is 0 Å². The predicted octanol–water partition coefficient (Wildman–Crippen LogP) is 3.09. The molecule has 130 valence electrons. The second-order valence-corrected chi connectivity index (χ2v) is 6.44. The van der Waals surface area contributed by atoms with Crippen molar-refractivity contribution in [2.45, 2.75) is 31.3 Å². The molecular weight excluding hydrogens is 318 g/mol. The molecule has 0 unspecified atom stereocenters. The van der Waals surface area contributed by atoms with E-state index < -0.39 is 0 Å². The second-order valence-electron chi connectivity index (χ2n) is 5.56. The summed E-state index contributed by atoms with van der Waals surface area (Å²) in [4.78, 5) is 8.19. The maximum absolute atomic E-state index is 4.73. The van der Waals surface area contributed by atoms with E-state index in [2.05, 4.69) is 59.8 Å². The van der Waals surface area contributed by atoms with E-state index in [-0.39, 0.29) is 0 Å². The quantitative estimate of drug-likeness (QED) is 0.346. The van der Waals surface area contributed by atoms with Gasteiger partial charge in [-0.2, -0.15) is 5.10 Å². The van der Waals surface area contributed by atoms with E-state index in [1.807, 2.05) is 23.1 Å². The molecule has 24 heavy (non-hydrogen) atoms. The van der Waals surface area contributed by atoms with E-state index in [9.17, 15) is 0 Å². The first-order valence-corrected chi connectivity index (χ1v) is 9.55. The highest BCUT2D eigenvalue weighted by Crippen LogP contribution is 2.15. The Balaban J connectivity index is 1.87. The maximum atomic E-state index is 4.73. The van der Waals surface area contributed by atoms with Crippen LogP contribution in [0.15, 0.2) is 52.6 Å². The Morgan fingerprint density at radius 1 is 1.33 bits per heavy atom. The van der Waals surface area contributed by atoms with Gasteiger partial charge in [-0.3, -0.25) is 9.67 Å². The van der Waals surface area contributed by atoms with Crippen molar-refractivity contribution in [3.05, 3.63) is 48.3 Å². The second kappa shape index (κ2) is 10.0. The molecule has 0 radical (unpaired) electrons. The average Bonchev–Trinajstić information content (AvgIpc) is 3.11. The number of nitrogens with zero attached hydrogens (tertiary/aromatic N) is 4. The molecule has 6 heteroatoms. The third-order valence-electron chi connectivity index (χ3n) is 3.64. The molecule has 0 spiro atoms. The lowest BCUT2D eigenvalue weighted by atomic mass is 10.2. The van der Waals surface area contributed by atoms with Gasteiger partial charge < -0.3 is 10.2 Å². The first-order chi connectivity index (χ1) is 11.7. The number of aliphatic imine (C=N–C) groups is 1. The Morgan fingerprint density at radius 3 is 2.75 bits per heavy atom. The molecule has 0 saturated heterocycles. The topological polar surface area (TPSA) is 45.5 Å². The van der Waals surface area contributed by atoms with E-state index in [1.54, 1.807) is 11.8 Å². The van der Waals surface area contributed by atoms with E-state index >= 15 is 0 Å². The summed E-state index contributed by atoms with van der Waals surface area (Å²) in [7, 11) is 2.08. The highest BCUT2D eigenvalue weighted by Gasteiger charge is 2.06. The minimum Gasteiger partial charge on any atom is -0.357 e. The lowest BCUT2D eigenvalue weighted by Crippen LogP contribution is -2.38. The highest BCUT2D eigenvalue weighted by atomic mass is 32.2. The van der Waals surface area contributed by atoms with Crippen molar-refractivity contribution in [2.24, 2.45) is 4.99 Å². The molecule has 0 fully saturated rings.